The molecule has 0 aromatic carbocycles. The molecular weight excluding hydrogens is 231 g/mol. The Balaban J connectivity index is 3.60. The summed E-state index contributed by atoms with van der Waals surface area (Å²) in [5.74, 6) is 0.593. The predicted octanol–water partition coefficient (Wildman–Crippen LogP) is 3.37. The van der Waals surface area contributed by atoms with Gasteiger partial charge in [-0.1, -0.05) is 20.8 Å². The van der Waals surface area contributed by atoms with Crippen molar-refractivity contribution in [3.8, 4) is 0 Å². The molecule has 0 heterocycles. The number of hydrogen-bond donors (Lipinski definition) is 1. The second kappa shape index (κ2) is 8.75. The number of nitrogens with one attached hydrogen (secondary N) is 1. The first kappa shape index (κ1) is 16.7. The lowest BCUT2D eigenvalue weighted by Crippen LogP contribution is -2.30. The minimum atomic E-state index is -4.21. The maximum atomic E-state index is 11.8. The molecule has 0 spiro atoms. The summed E-state index contributed by atoms with van der Waals surface area (Å²) >= 11 is 0. The van der Waals surface area contributed by atoms with Gasteiger partial charge in [-0.05, 0) is 31.7 Å². The molecule has 0 saturated carbocycles. The van der Waals surface area contributed by atoms with Crippen LogP contribution in [-0.4, -0.2) is 32.0 Å². The van der Waals surface area contributed by atoms with Crippen LogP contribution in [0.5, 0.6) is 0 Å². The molecule has 5 heteroatoms. The van der Waals surface area contributed by atoms with Gasteiger partial charge >= 0.3 is 6.18 Å². The molecule has 0 aromatic heterocycles. The van der Waals surface area contributed by atoms with Gasteiger partial charge in [0.05, 0.1) is 0 Å². The fourth-order valence-corrected chi connectivity index (χ4v) is 1.78. The standard InChI is InChI=1S/C12H24F3NO/c1-4-16-11(8-10(2)3)6-5-7-17-9-12(13,14)15/h10-11,16H,4-9H2,1-3H3. The molecule has 0 saturated heterocycles. The average Bonchev–Trinajstić information content (AvgIpc) is 2.14. The summed E-state index contributed by atoms with van der Waals surface area (Å²) in [6.07, 6.45) is -1.63. The Hall–Kier alpha value is -0.290. The Morgan fingerprint density at radius 1 is 1.24 bits per heavy atom. The van der Waals surface area contributed by atoms with Gasteiger partial charge in [0.1, 0.15) is 6.61 Å². The zero-order valence-corrected chi connectivity index (χ0v) is 10.9. The van der Waals surface area contributed by atoms with E-state index in [1.807, 2.05) is 6.92 Å². The third-order valence-electron chi connectivity index (χ3n) is 2.36. The van der Waals surface area contributed by atoms with Gasteiger partial charge in [-0.3, -0.25) is 0 Å². The molecule has 0 fully saturated rings. The topological polar surface area (TPSA) is 21.3 Å². The van der Waals surface area contributed by atoms with Gasteiger partial charge in [-0.2, -0.15) is 13.2 Å². The normalized spacial score (nSPS) is 14.3. The first-order valence-corrected chi connectivity index (χ1v) is 6.23. The van der Waals surface area contributed by atoms with Crippen LogP contribution in [0.3, 0.4) is 0 Å². The molecule has 1 unspecified atom stereocenters. The van der Waals surface area contributed by atoms with Crippen LogP contribution in [0.15, 0.2) is 0 Å². The largest absolute Gasteiger partial charge is 0.411 e. The van der Waals surface area contributed by atoms with Crippen molar-refractivity contribution in [2.45, 2.75) is 52.3 Å². The van der Waals surface area contributed by atoms with E-state index < -0.39 is 12.8 Å². The van der Waals surface area contributed by atoms with Crippen LogP contribution in [0.4, 0.5) is 13.2 Å². The molecule has 0 aliphatic rings. The Morgan fingerprint density at radius 3 is 2.35 bits per heavy atom. The van der Waals surface area contributed by atoms with Gasteiger partial charge in [0.15, 0.2) is 0 Å². The minimum absolute atomic E-state index is 0.180. The van der Waals surface area contributed by atoms with Crippen LogP contribution in [0.25, 0.3) is 0 Å². The summed E-state index contributed by atoms with van der Waals surface area (Å²) in [6.45, 7) is 6.26. The van der Waals surface area contributed by atoms with Crippen LogP contribution < -0.4 is 5.32 Å². The Morgan fingerprint density at radius 2 is 1.88 bits per heavy atom. The number of rotatable bonds is 9. The lowest BCUT2D eigenvalue weighted by atomic mass is 10.00. The fraction of sp³-hybridized carbons (Fsp3) is 1.00. The summed E-state index contributed by atoms with van der Waals surface area (Å²) in [5, 5.41) is 3.34. The van der Waals surface area contributed by atoms with E-state index in [0.717, 1.165) is 19.4 Å². The zero-order valence-electron chi connectivity index (χ0n) is 10.9. The van der Waals surface area contributed by atoms with Gasteiger partial charge in [-0.15, -0.1) is 0 Å². The lowest BCUT2D eigenvalue weighted by Gasteiger charge is -2.19. The van der Waals surface area contributed by atoms with Gasteiger partial charge < -0.3 is 10.1 Å². The second-order valence-corrected chi connectivity index (χ2v) is 4.69. The average molecular weight is 255 g/mol. The monoisotopic (exact) mass is 255 g/mol. The van der Waals surface area contributed by atoms with Gasteiger partial charge in [0.25, 0.3) is 0 Å². The van der Waals surface area contributed by atoms with Gasteiger partial charge in [0.2, 0.25) is 0 Å². The highest BCUT2D eigenvalue weighted by molar-refractivity contribution is 4.67. The van der Waals surface area contributed by atoms with E-state index in [9.17, 15) is 13.2 Å². The molecule has 1 atom stereocenters. The van der Waals surface area contributed by atoms with Crippen molar-refractivity contribution >= 4 is 0 Å². The summed E-state index contributed by atoms with van der Waals surface area (Å²) in [4.78, 5) is 0. The maximum absolute atomic E-state index is 11.8. The highest BCUT2D eigenvalue weighted by Gasteiger charge is 2.27. The van der Waals surface area contributed by atoms with E-state index in [1.54, 1.807) is 0 Å². The van der Waals surface area contributed by atoms with Crippen molar-refractivity contribution in [3.63, 3.8) is 0 Å². The molecule has 0 radical (unpaired) electrons. The van der Waals surface area contributed by atoms with Crippen LogP contribution in [0, 0.1) is 5.92 Å². The Kier molecular flexibility index (Phi) is 8.60. The Bertz CT molecular complexity index is 183. The fourth-order valence-electron chi connectivity index (χ4n) is 1.78. The van der Waals surface area contributed by atoms with Crippen LogP contribution in [-0.2, 0) is 4.74 Å². The van der Waals surface area contributed by atoms with Crippen molar-refractivity contribution in [2.24, 2.45) is 5.92 Å². The molecule has 1 N–H and O–H groups in total. The van der Waals surface area contributed by atoms with Crippen LogP contribution in [0.1, 0.15) is 40.0 Å². The highest BCUT2D eigenvalue weighted by atomic mass is 19.4. The summed E-state index contributed by atoms with van der Waals surface area (Å²) in [7, 11) is 0. The molecule has 2 nitrogen and oxygen atoms in total. The van der Waals surface area contributed by atoms with E-state index in [4.69, 9.17) is 0 Å². The summed E-state index contributed by atoms with van der Waals surface area (Å²) in [5.41, 5.74) is 0. The number of halogens is 3. The minimum Gasteiger partial charge on any atom is -0.372 e. The first-order chi connectivity index (χ1) is 7.85. The van der Waals surface area contributed by atoms with E-state index in [0.29, 0.717) is 18.4 Å². The number of alkyl halides is 3. The quantitative estimate of drug-likeness (QED) is 0.638. The molecule has 104 valence electrons. The van der Waals surface area contributed by atoms with Crippen LogP contribution >= 0.6 is 0 Å². The van der Waals surface area contributed by atoms with Crippen molar-refractivity contribution in [3.05, 3.63) is 0 Å². The third kappa shape index (κ3) is 12.0. The first-order valence-electron chi connectivity index (χ1n) is 6.23. The van der Waals surface area contributed by atoms with Crippen molar-refractivity contribution < 1.29 is 17.9 Å². The number of ether oxygens (including phenoxy) is 1. The lowest BCUT2D eigenvalue weighted by molar-refractivity contribution is -0.174. The van der Waals surface area contributed by atoms with Gasteiger partial charge in [-0.25, -0.2) is 0 Å². The van der Waals surface area contributed by atoms with Crippen molar-refractivity contribution in [1.29, 1.82) is 0 Å². The van der Waals surface area contributed by atoms with E-state index >= 15 is 0 Å². The summed E-state index contributed by atoms with van der Waals surface area (Å²) < 4.78 is 40.0. The van der Waals surface area contributed by atoms with Crippen molar-refractivity contribution in [1.82, 2.24) is 5.32 Å². The smallest absolute Gasteiger partial charge is 0.372 e. The van der Waals surface area contributed by atoms with Gasteiger partial charge in [0, 0.05) is 12.6 Å². The maximum Gasteiger partial charge on any atom is 0.411 e. The molecule has 0 aromatic rings. The molecule has 0 aliphatic heterocycles. The van der Waals surface area contributed by atoms with E-state index in [1.165, 1.54) is 0 Å². The third-order valence-corrected chi connectivity index (χ3v) is 2.36. The van der Waals surface area contributed by atoms with Crippen LogP contribution in [0.2, 0.25) is 0 Å². The molecule has 0 rings (SSSR count). The summed E-state index contributed by atoms with van der Waals surface area (Å²) in [6, 6.07) is 0.384. The van der Waals surface area contributed by atoms with E-state index in [2.05, 4.69) is 23.9 Å². The molecule has 0 amide bonds. The Labute approximate surface area is 102 Å². The number of hydrogen-bond acceptors (Lipinski definition) is 2. The van der Waals surface area contributed by atoms with Crippen molar-refractivity contribution in [2.75, 3.05) is 19.8 Å². The molecule has 0 aliphatic carbocycles. The highest BCUT2D eigenvalue weighted by Crippen LogP contribution is 2.15. The SMILES string of the molecule is CCNC(CCCOCC(F)(F)F)CC(C)C. The molecule has 0 bridgehead atoms. The zero-order chi connectivity index (χ0) is 13.3. The second-order valence-electron chi connectivity index (χ2n) is 4.69. The molecule has 17 heavy (non-hydrogen) atoms. The van der Waals surface area contributed by atoms with E-state index in [-0.39, 0.29) is 6.61 Å². The predicted molar refractivity (Wildman–Crippen MR) is 63.0 cm³/mol. The molecular formula is C12H24F3NO.